The van der Waals surface area contributed by atoms with E-state index in [2.05, 4.69) is 36.4 Å². The van der Waals surface area contributed by atoms with E-state index in [1.807, 2.05) is 24.3 Å². The van der Waals surface area contributed by atoms with Gasteiger partial charge in [-0.2, -0.15) is 5.10 Å². The van der Waals surface area contributed by atoms with E-state index in [0.29, 0.717) is 10.9 Å². The van der Waals surface area contributed by atoms with Gasteiger partial charge in [-0.15, -0.1) is 0 Å². The van der Waals surface area contributed by atoms with Crippen LogP contribution in [0.3, 0.4) is 0 Å². The van der Waals surface area contributed by atoms with Gasteiger partial charge in [0.1, 0.15) is 0 Å². The lowest BCUT2D eigenvalue weighted by atomic mass is 10.2. The molecular formula is C16H11BrN4O2. The van der Waals surface area contributed by atoms with Crippen LogP contribution in [-0.4, -0.2) is 22.1 Å². The number of nitrogens with zero attached hydrogens (tertiary/aromatic N) is 2. The van der Waals surface area contributed by atoms with Crippen LogP contribution in [0, 0.1) is 0 Å². The van der Waals surface area contributed by atoms with Crippen molar-refractivity contribution in [3.63, 3.8) is 0 Å². The topological polar surface area (TPSA) is 87.2 Å². The highest BCUT2D eigenvalue weighted by Gasteiger charge is 2.10. The molecular weight excluding hydrogens is 360 g/mol. The average molecular weight is 371 g/mol. The Morgan fingerprint density at radius 3 is 2.87 bits per heavy atom. The lowest BCUT2D eigenvalue weighted by Crippen LogP contribution is -2.24. The highest BCUT2D eigenvalue weighted by Crippen LogP contribution is 2.10. The Kier molecular flexibility index (Phi) is 4.29. The average Bonchev–Trinajstić information content (AvgIpc) is 2.55. The van der Waals surface area contributed by atoms with E-state index >= 15 is 0 Å². The molecule has 0 unspecified atom stereocenters. The lowest BCUT2D eigenvalue weighted by molar-refractivity contribution is 0.0945. The Labute approximate surface area is 139 Å². The molecule has 0 saturated heterocycles. The summed E-state index contributed by atoms with van der Waals surface area (Å²) in [5, 5.41) is 4.29. The third-order valence-electron chi connectivity index (χ3n) is 3.06. The molecule has 0 bridgehead atoms. The molecule has 0 aliphatic heterocycles. The minimum atomic E-state index is -0.584. The smallest absolute Gasteiger partial charge is 0.302 e. The number of nitrogens with one attached hydrogen (secondary N) is 2. The molecule has 0 aliphatic carbocycles. The first-order chi connectivity index (χ1) is 11.1. The van der Waals surface area contributed by atoms with Crippen LogP contribution < -0.4 is 11.0 Å². The van der Waals surface area contributed by atoms with Crippen LogP contribution in [0.2, 0.25) is 0 Å². The van der Waals surface area contributed by atoms with Crippen molar-refractivity contribution in [2.24, 2.45) is 5.10 Å². The summed E-state index contributed by atoms with van der Waals surface area (Å²) in [7, 11) is 0. The molecule has 2 N–H and O–H groups in total. The Morgan fingerprint density at radius 1 is 1.22 bits per heavy atom. The Bertz CT molecular complexity index is 965. The number of aromatic nitrogens is 2. The van der Waals surface area contributed by atoms with Crippen LogP contribution in [0.25, 0.3) is 10.9 Å². The number of para-hydroxylation sites is 1. The summed E-state index contributed by atoms with van der Waals surface area (Å²) in [5.41, 5.74) is 3.25. The van der Waals surface area contributed by atoms with E-state index in [-0.39, 0.29) is 11.4 Å². The second-order valence-corrected chi connectivity index (χ2v) is 5.60. The fourth-order valence-electron chi connectivity index (χ4n) is 2.00. The van der Waals surface area contributed by atoms with Gasteiger partial charge in [0.05, 0.1) is 17.1 Å². The maximum absolute atomic E-state index is 12.0. The van der Waals surface area contributed by atoms with Crippen LogP contribution in [-0.2, 0) is 0 Å². The van der Waals surface area contributed by atoms with Crippen LogP contribution >= 0.6 is 15.9 Å². The van der Waals surface area contributed by atoms with Gasteiger partial charge < -0.3 is 4.98 Å². The van der Waals surface area contributed by atoms with Crippen molar-refractivity contribution in [2.75, 3.05) is 0 Å². The first-order valence-corrected chi connectivity index (χ1v) is 7.51. The summed E-state index contributed by atoms with van der Waals surface area (Å²) < 4.78 is 0.910. The van der Waals surface area contributed by atoms with E-state index in [1.54, 1.807) is 24.3 Å². The zero-order chi connectivity index (χ0) is 16.2. The third kappa shape index (κ3) is 3.51. The lowest BCUT2D eigenvalue weighted by Gasteiger charge is -2.01. The molecule has 23 heavy (non-hydrogen) atoms. The molecule has 0 aliphatic rings. The van der Waals surface area contributed by atoms with Gasteiger partial charge in [0, 0.05) is 4.47 Å². The minimum Gasteiger partial charge on any atom is -0.302 e. The van der Waals surface area contributed by atoms with Gasteiger partial charge >= 0.3 is 5.91 Å². The van der Waals surface area contributed by atoms with E-state index in [9.17, 15) is 9.59 Å². The number of hydrogen-bond donors (Lipinski definition) is 2. The number of fused-ring (bicyclic) bond motifs is 1. The summed E-state index contributed by atoms with van der Waals surface area (Å²) in [4.78, 5) is 30.5. The molecule has 0 atom stereocenters. The SMILES string of the molecule is O=C(N/N=C/c1cccc(Br)c1)c1nc2ccccc2c(=O)[nH]1. The van der Waals surface area contributed by atoms with Crippen LogP contribution in [0.15, 0.2) is 62.9 Å². The normalized spacial score (nSPS) is 11.0. The number of carbonyl (C=O) groups excluding carboxylic acids is 1. The van der Waals surface area contributed by atoms with Gasteiger partial charge in [0.25, 0.3) is 5.56 Å². The molecule has 114 valence electrons. The molecule has 0 fully saturated rings. The van der Waals surface area contributed by atoms with E-state index in [0.717, 1.165) is 10.0 Å². The maximum atomic E-state index is 12.0. The Balaban J connectivity index is 1.80. The number of halogens is 1. The standard InChI is InChI=1S/C16H11BrN4O2/c17-11-5-3-4-10(8-11)9-18-21-16(23)14-19-13-7-2-1-6-12(13)15(22)20-14/h1-9H,(H,21,23)(H,19,20,22)/b18-9+. The van der Waals surface area contributed by atoms with E-state index in [4.69, 9.17) is 0 Å². The fourth-order valence-corrected chi connectivity index (χ4v) is 2.42. The van der Waals surface area contributed by atoms with Gasteiger partial charge in [0.15, 0.2) is 0 Å². The van der Waals surface area contributed by atoms with Crippen molar-refractivity contribution >= 4 is 39.0 Å². The van der Waals surface area contributed by atoms with Gasteiger partial charge in [-0.3, -0.25) is 9.59 Å². The first kappa shape index (κ1) is 15.1. The molecule has 6 nitrogen and oxygen atoms in total. The van der Waals surface area contributed by atoms with E-state index < -0.39 is 5.91 Å². The van der Waals surface area contributed by atoms with Gasteiger partial charge in [-0.25, -0.2) is 10.4 Å². The molecule has 0 saturated carbocycles. The monoisotopic (exact) mass is 370 g/mol. The number of amides is 1. The van der Waals surface area contributed by atoms with Crippen molar-refractivity contribution in [1.29, 1.82) is 0 Å². The van der Waals surface area contributed by atoms with Gasteiger partial charge in [-0.1, -0.05) is 40.2 Å². The molecule has 3 aromatic rings. The van der Waals surface area contributed by atoms with Crippen LogP contribution in [0.5, 0.6) is 0 Å². The summed E-state index contributed by atoms with van der Waals surface area (Å²) in [5.74, 6) is -0.667. The predicted molar refractivity (Wildman–Crippen MR) is 91.6 cm³/mol. The van der Waals surface area contributed by atoms with Crippen LogP contribution in [0.1, 0.15) is 16.2 Å². The van der Waals surface area contributed by atoms with Crippen molar-refractivity contribution < 1.29 is 4.79 Å². The van der Waals surface area contributed by atoms with Gasteiger partial charge in [-0.05, 0) is 29.8 Å². The molecule has 2 aromatic carbocycles. The predicted octanol–water partition coefficient (Wildman–Crippen LogP) is 2.45. The summed E-state index contributed by atoms with van der Waals surface area (Å²) in [6.07, 6.45) is 1.50. The summed E-state index contributed by atoms with van der Waals surface area (Å²) >= 11 is 3.35. The number of carbonyl (C=O) groups is 1. The molecule has 1 aromatic heterocycles. The number of rotatable bonds is 3. The zero-order valence-electron chi connectivity index (χ0n) is 11.8. The molecule has 1 heterocycles. The van der Waals surface area contributed by atoms with Crippen molar-refractivity contribution in [3.05, 3.63) is 74.7 Å². The number of hydrazone groups is 1. The van der Waals surface area contributed by atoms with Crippen molar-refractivity contribution in [3.8, 4) is 0 Å². The number of benzene rings is 2. The largest absolute Gasteiger partial charge is 0.307 e. The number of hydrogen-bond acceptors (Lipinski definition) is 4. The molecule has 3 rings (SSSR count). The third-order valence-corrected chi connectivity index (χ3v) is 3.55. The second-order valence-electron chi connectivity index (χ2n) is 4.69. The van der Waals surface area contributed by atoms with E-state index in [1.165, 1.54) is 6.21 Å². The fraction of sp³-hybridized carbons (Fsp3) is 0. The summed E-state index contributed by atoms with van der Waals surface area (Å²) in [6, 6.07) is 14.3. The number of H-pyrrole nitrogens is 1. The summed E-state index contributed by atoms with van der Waals surface area (Å²) in [6.45, 7) is 0. The Hall–Kier alpha value is -2.80. The molecule has 0 radical (unpaired) electrons. The van der Waals surface area contributed by atoms with Crippen molar-refractivity contribution in [1.82, 2.24) is 15.4 Å². The van der Waals surface area contributed by atoms with Crippen molar-refractivity contribution in [2.45, 2.75) is 0 Å². The molecule has 1 amide bonds. The first-order valence-electron chi connectivity index (χ1n) is 6.71. The number of aromatic amines is 1. The highest BCUT2D eigenvalue weighted by molar-refractivity contribution is 9.10. The zero-order valence-corrected chi connectivity index (χ0v) is 13.4. The molecule has 7 heteroatoms. The minimum absolute atomic E-state index is 0.0832. The second kappa shape index (κ2) is 6.53. The maximum Gasteiger partial charge on any atom is 0.307 e. The quantitative estimate of drug-likeness (QED) is 0.548. The highest BCUT2D eigenvalue weighted by atomic mass is 79.9. The molecule has 0 spiro atoms. The van der Waals surface area contributed by atoms with Gasteiger partial charge in [0.2, 0.25) is 5.82 Å². The van der Waals surface area contributed by atoms with Crippen LogP contribution in [0.4, 0.5) is 0 Å². The Morgan fingerprint density at radius 2 is 2.04 bits per heavy atom.